The van der Waals surface area contributed by atoms with E-state index >= 15 is 0 Å². The highest BCUT2D eigenvalue weighted by atomic mass is 16.5. The van der Waals surface area contributed by atoms with Crippen molar-refractivity contribution in [3.8, 4) is 0 Å². The van der Waals surface area contributed by atoms with Gasteiger partial charge in [-0.05, 0) is 19.1 Å². The fourth-order valence-electron chi connectivity index (χ4n) is 2.16. The van der Waals surface area contributed by atoms with Gasteiger partial charge in [-0.3, -0.25) is 4.79 Å². The number of rotatable bonds is 4. The van der Waals surface area contributed by atoms with Crippen molar-refractivity contribution in [2.24, 2.45) is 0 Å². The summed E-state index contributed by atoms with van der Waals surface area (Å²) < 4.78 is 9.98. The van der Waals surface area contributed by atoms with E-state index in [0.29, 0.717) is 5.56 Å². The summed E-state index contributed by atoms with van der Waals surface area (Å²) in [5.74, 6) is -0.825. The maximum atomic E-state index is 12.4. The van der Waals surface area contributed by atoms with Crippen molar-refractivity contribution in [1.29, 1.82) is 0 Å². The second-order valence-corrected chi connectivity index (χ2v) is 4.67. The molecule has 0 bridgehead atoms. The molecule has 1 N–H and O–H groups in total. The minimum absolute atomic E-state index is 0.246. The number of hydrogen-bond acceptors (Lipinski definition) is 4. The molecule has 0 amide bonds. The lowest BCUT2D eigenvalue weighted by atomic mass is 10.1. The van der Waals surface area contributed by atoms with E-state index in [-0.39, 0.29) is 11.3 Å². The zero-order valence-electron chi connectivity index (χ0n) is 11.3. The lowest BCUT2D eigenvalue weighted by Crippen LogP contribution is -2.24. The number of H-pyrrole nitrogens is 1. The fraction of sp³-hybridized carbons (Fsp3) is 0.125. The van der Waals surface area contributed by atoms with E-state index in [1.807, 2.05) is 24.3 Å². The first kappa shape index (κ1) is 13.2. The number of ether oxygens (including phenoxy) is 1. The summed E-state index contributed by atoms with van der Waals surface area (Å²) in [6, 6.07) is 8.97. The Morgan fingerprint density at radius 1 is 1.24 bits per heavy atom. The van der Waals surface area contributed by atoms with Crippen LogP contribution in [0.15, 0.2) is 53.5 Å². The number of nitrogens with one attached hydrogen (secondary N) is 1. The SMILES string of the molecule is C[C@@H](OC(=O)c1ccoc1)C(=O)c1c[nH]c2ccccc12. The molecule has 0 radical (unpaired) electrons. The van der Waals surface area contributed by atoms with Crippen molar-refractivity contribution < 1.29 is 18.7 Å². The quantitative estimate of drug-likeness (QED) is 0.589. The zero-order chi connectivity index (χ0) is 14.8. The van der Waals surface area contributed by atoms with E-state index in [1.54, 1.807) is 13.1 Å². The van der Waals surface area contributed by atoms with Crippen LogP contribution in [0, 0.1) is 0 Å². The predicted molar refractivity (Wildman–Crippen MR) is 76.2 cm³/mol. The lowest BCUT2D eigenvalue weighted by molar-refractivity contribution is 0.0318. The predicted octanol–water partition coefficient (Wildman–Crippen LogP) is 3.19. The number of aromatic nitrogens is 1. The van der Waals surface area contributed by atoms with Crippen molar-refractivity contribution >= 4 is 22.7 Å². The summed E-state index contributed by atoms with van der Waals surface area (Å²) in [5, 5.41) is 0.814. The molecule has 1 atom stereocenters. The number of Topliss-reactive ketones (excluding diaryl/α,β-unsaturated/α-hetero) is 1. The number of carbonyl (C=O) groups excluding carboxylic acids is 2. The second kappa shape index (κ2) is 5.28. The first-order valence-electron chi connectivity index (χ1n) is 6.50. The highest BCUT2D eigenvalue weighted by Gasteiger charge is 2.23. The first-order chi connectivity index (χ1) is 10.2. The second-order valence-electron chi connectivity index (χ2n) is 4.67. The number of esters is 1. The Morgan fingerprint density at radius 3 is 2.81 bits per heavy atom. The van der Waals surface area contributed by atoms with E-state index in [1.165, 1.54) is 18.6 Å². The molecule has 0 aliphatic rings. The summed E-state index contributed by atoms with van der Waals surface area (Å²) in [6.45, 7) is 1.56. The number of para-hydroxylation sites is 1. The summed E-state index contributed by atoms with van der Waals surface area (Å²) in [5.41, 5.74) is 1.67. The summed E-state index contributed by atoms with van der Waals surface area (Å²) >= 11 is 0. The van der Waals surface area contributed by atoms with Crippen LogP contribution in [0.3, 0.4) is 0 Å². The Kier molecular flexibility index (Phi) is 3.31. The molecule has 0 saturated heterocycles. The Hall–Kier alpha value is -2.82. The number of aromatic amines is 1. The van der Waals surface area contributed by atoms with Crippen LogP contribution < -0.4 is 0 Å². The molecule has 0 fully saturated rings. The van der Waals surface area contributed by atoms with E-state index in [9.17, 15) is 9.59 Å². The van der Waals surface area contributed by atoms with E-state index < -0.39 is 12.1 Å². The summed E-state index contributed by atoms with van der Waals surface area (Å²) in [6.07, 6.45) is 3.43. The van der Waals surface area contributed by atoms with Gasteiger partial charge in [-0.25, -0.2) is 4.79 Å². The van der Waals surface area contributed by atoms with Crippen molar-refractivity contribution in [3.63, 3.8) is 0 Å². The normalized spacial score (nSPS) is 12.2. The number of hydrogen-bond donors (Lipinski definition) is 1. The van der Waals surface area contributed by atoms with Gasteiger partial charge in [0.15, 0.2) is 6.10 Å². The van der Waals surface area contributed by atoms with Crippen LogP contribution in [0.5, 0.6) is 0 Å². The van der Waals surface area contributed by atoms with Crippen molar-refractivity contribution in [2.75, 3.05) is 0 Å². The summed E-state index contributed by atoms with van der Waals surface area (Å²) in [7, 11) is 0. The van der Waals surface area contributed by atoms with E-state index in [4.69, 9.17) is 9.15 Å². The fourth-order valence-corrected chi connectivity index (χ4v) is 2.16. The zero-order valence-corrected chi connectivity index (χ0v) is 11.3. The number of ketones is 1. The standard InChI is InChI=1S/C16H13NO4/c1-10(21-16(19)11-6-7-20-9-11)15(18)13-8-17-14-5-3-2-4-12(13)14/h2-10,17H,1H3/t10-/m1/s1. The number of furan rings is 1. The molecule has 2 aromatic heterocycles. The molecule has 0 saturated carbocycles. The molecule has 0 spiro atoms. The van der Waals surface area contributed by atoms with Crippen LogP contribution >= 0.6 is 0 Å². The number of carbonyl (C=O) groups is 2. The van der Waals surface area contributed by atoms with Gasteiger partial charge >= 0.3 is 5.97 Å². The Balaban J connectivity index is 1.80. The lowest BCUT2D eigenvalue weighted by Gasteiger charge is -2.10. The van der Waals surface area contributed by atoms with Crippen LogP contribution in [-0.2, 0) is 4.74 Å². The Bertz CT molecular complexity index is 786. The Morgan fingerprint density at radius 2 is 2.05 bits per heavy atom. The van der Waals surface area contributed by atoms with E-state index in [0.717, 1.165) is 10.9 Å². The maximum Gasteiger partial charge on any atom is 0.342 e. The van der Waals surface area contributed by atoms with Gasteiger partial charge < -0.3 is 14.1 Å². The van der Waals surface area contributed by atoms with Crippen LogP contribution in [0.1, 0.15) is 27.6 Å². The number of fused-ring (bicyclic) bond motifs is 1. The molecule has 106 valence electrons. The molecular formula is C16H13NO4. The maximum absolute atomic E-state index is 12.4. The van der Waals surface area contributed by atoms with Gasteiger partial charge in [-0.15, -0.1) is 0 Å². The van der Waals surface area contributed by atoms with Crippen molar-refractivity contribution in [1.82, 2.24) is 4.98 Å². The Labute approximate surface area is 120 Å². The van der Waals surface area contributed by atoms with Gasteiger partial charge in [-0.1, -0.05) is 18.2 Å². The third kappa shape index (κ3) is 2.45. The monoisotopic (exact) mass is 283 g/mol. The molecule has 0 aliphatic heterocycles. The van der Waals surface area contributed by atoms with Gasteiger partial charge in [0.1, 0.15) is 6.26 Å². The third-order valence-electron chi connectivity index (χ3n) is 3.26. The van der Waals surface area contributed by atoms with Crippen LogP contribution in [0.4, 0.5) is 0 Å². The van der Waals surface area contributed by atoms with Crippen molar-refractivity contribution in [2.45, 2.75) is 13.0 Å². The molecule has 5 nitrogen and oxygen atoms in total. The van der Waals surface area contributed by atoms with Gasteiger partial charge in [-0.2, -0.15) is 0 Å². The average molecular weight is 283 g/mol. The summed E-state index contributed by atoms with van der Waals surface area (Å²) in [4.78, 5) is 27.2. The molecule has 3 rings (SSSR count). The highest BCUT2D eigenvalue weighted by Crippen LogP contribution is 2.20. The topological polar surface area (TPSA) is 72.3 Å². The molecule has 0 aliphatic carbocycles. The van der Waals surface area contributed by atoms with E-state index in [2.05, 4.69) is 4.98 Å². The number of benzene rings is 1. The van der Waals surface area contributed by atoms with Gasteiger partial charge in [0.25, 0.3) is 0 Å². The molecule has 1 aromatic carbocycles. The van der Waals surface area contributed by atoms with Gasteiger partial charge in [0.05, 0.1) is 11.8 Å². The molecule has 2 heterocycles. The molecule has 0 unspecified atom stereocenters. The molecule has 21 heavy (non-hydrogen) atoms. The van der Waals surface area contributed by atoms with Crippen molar-refractivity contribution in [3.05, 3.63) is 60.2 Å². The minimum Gasteiger partial charge on any atom is -0.472 e. The van der Waals surface area contributed by atoms with Gasteiger partial charge in [0, 0.05) is 22.7 Å². The highest BCUT2D eigenvalue weighted by molar-refractivity contribution is 6.10. The first-order valence-corrected chi connectivity index (χ1v) is 6.50. The molecule has 5 heteroatoms. The van der Waals surface area contributed by atoms with Crippen LogP contribution in [0.25, 0.3) is 10.9 Å². The minimum atomic E-state index is -0.869. The average Bonchev–Trinajstić information content (AvgIpc) is 3.15. The van der Waals surface area contributed by atoms with Crippen LogP contribution in [-0.4, -0.2) is 22.8 Å². The molecule has 3 aromatic rings. The largest absolute Gasteiger partial charge is 0.472 e. The van der Waals surface area contributed by atoms with Crippen LogP contribution in [0.2, 0.25) is 0 Å². The smallest absolute Gasteiger partial charge is 0.342 e. The third-order valence-corrected chi connectivity index (χ3v) is 3.26. The van der Waals surface area contributed by atoms with Gasteiger partial charge in [0.2, 0.25) is 5.78 Å². The molecular weight excluding hydrogens is 270 g/mol.